The van der Waals surface area contributed by atoms with Gasteiger partial charge >= 0.3 is 21.1 Å². The van der Waals surface area contributed by atoms with E-state index in [1.165, 1.54) is 10.9 Å². The average Bonchev–Trinajstić information content (AvgIpc) is 3.61. The SMILES string of the molecule is CC(C)c1ccc2c3ccc(Sc4[c-]c5c(cc4)c4ccccc4c4nnnn54)[c-]c3n(-c3ccccn3)c2c1.[Pt+2]. The summed E-state index contributed by atoms with van der Waals surface area (Å²) in [6.07, 6.45) is 1.84. The van der Waals surface area contributed by atoms with E-state index in [4.69, 9.17) is 4.98 Å². The molecule has 0 fully saturated rings. The fraction of sp³-hybridized carbons (Fsp3) is 0.0909. The summed E-state index contributed by atoms with van der Waals surface area (Å²) >= 11 is 1.63. The van der Waals surface area contributed by atoms with Gasteiger partial charge in [0.2, 0.25) is 0 Å². The maximum atomic E-state index is 4.70. The molecule has 0 amide bonds. The fourth-order valence-corrected chi connectivity index (χ4v) is 6.33. The first-order chi connectivity index (χ1) is 19.7. The molecule has 8 rings (SSSR count). The molecule has 0 aliphatic carbocycles. The molecule has 0 spiro atoms. The Hall–Kier alpha value is -4.06. The van der Waals surface area contributed by atoms with Crippen LogP contribution in [0.4, 0.5) is 0 Å². The predicted octanol–water partition coefficient (Wildman–Crippen LogP) is 7.80. The molecule has 0 N–H and O–H groups in total. The monoisotopic (exact) mass is 729 g/mol. The largest absolute Gasteiger partial charge is 2.00 e. The van der Waals surface area contributed by atoms with Gasteiger partial charge in [0.25, 0.3) is 0 Å². The maximum absolute atomic E-state index is 4.70. The molecular weight excluding hydrogens is 708 g/mol. The van der Waals surface area contributed by atoms with Gasteiger partial charge in [-0.15, -0.1) is 49.6 Å². The van der Waals surface area contributed by atoms with Gasteiger partial charge in [-0.05, 0) is 51.0 Å². The van der Waals surface area contributed by atoms with E-state index in [2.05, 4.69) is 101 Å². The number of hydrogen-bond donors (Lipinski definition) is 0. The van der Waals surface area contributed by atoms with E-state index < -0.39 is 0 Å². The normalized spacial score (nSPS) is 11.8. The minimum Gasteiger partial charge on any atom is -0.319 e. The Labute approximate surface area is 254 Å². The third kappa shape index (κ3) is 4.14. The van der Waals surface area contributed by atoms with Crippen molar-refractivity contribution in [3.63, 3.8) is 0 Å². The molecule has 200 valence electrons. The van der Waals surface area contributed by atoms with Crippen molar-refractivity contribution in [3.05, 3.63) is 109 Å². The van der Waals surface area contributed by atoms with Gasteiger partial charge < -0.3 is 4.57 Å². The van der Waals surface area contributed by atoms with E-state index in [1.807, 2.05) is 36.5 Å². The zero-order valence-corrected chi connectivity index (χ0v) is 25.2. The predicted molar refractivity (Wildman–Crippen MR) is 160 cm³/mol. The first kappa shape index (κ1) is 25.9. The Kier molecular flexibility index (Phi) is 6.37. The molecule has 4 aromatic carbocycles. The van der Waals surface area contributed by atoms with Gasteiger partial charge in [-0.3, -0.25) is 0 Å². The van der Waals surface area contributed by atoms with Crippen LogP contribution in [-0.2, 0) is 21.1 Å². The van der Waals surface area contributed by atoms with Crippen molar-refractivity contribution in [2.45, 2.75) is 29.6 Å². The first-order valence-corrected chi connectivity index (χ1v) is 14.0. The Balaban J connectivity index is 0.00000276. The van der Waals surface area contributed by atoms with Crippen molar-refractivity contribution in [1.82, 2.24) is 29.6 Å². The molecule has 4 aromatic heterocycles. The summed E-state index contributed by atoms with van der Waals surface area (Å²) in [7, 11) is 0. The second kappa shape index (κ2) is 10.1. The van der Waals surface area contributed by atoms with Crippen molar-refractivity contribution in [2.75, 3.05) is 0 Å². The number of aromatic nitrogens is 6. The summed E-state index contributed by atoms with van der Waals surface area (Å²) in [5.74, 6) is 1.31. The summed E-state index contributed by atoms with van der Waals surface area (Å²) in [5, 5.41) is 18.1. The van der Waals surface area contributed by atoms with Gasteiger partial charge in [0.1, 0.15) is 5.82 Å². The zero-order valence-electron chi connectivity index (χ0n) is 22.1. The van der Waals surface area contributed by atoms with Crippen molar-refractivity contribution in [2.24, 2.45) is 0 Å². The molecule has 0 aliphatic rings. The van der Waals surface area contributed by atoms with Crippen LogP contribution in [0.2, 0.25) is 0 Å². The van der Waals surface area contributed by atoms with Crippen LogP contribution in [0.3, 0.4) is 0 Å². The second-order valence-electron chi connectivity index (χ2n) is 10.2. The minimum atomic E-state index is 0. The van der Waals surface area contributed by atoms with Crippen LogP contribution in [-0.4, -0.2) is 29.6 Å². The van der Waals surface area contributed by atoms with E-state index in [1.54, 1.807) is 16.3 Å². The number of fused-ring (bicyclic) bond motifs is 9. The van der Waals surface area contributed by atoms with Crippen molar-refractivity contribution >= 4 is 60.9 Å². The fourth-order valence-electron chi connectivity index (χ4n) is 5.53. The summed E-state index contributed by atoms with van der Waals surface area (Å²) in [5.41, 5.74) is 5.04. The van der Waals surface area contributed by atoms with E-state index in [0.717, 1.165) is 59.4 Å². The smallest absolute Gasteiger partial charge is 0.319 e. The standard InChI is InChI=1S/C33H22N6S.Pt/c1-20(2)21-10-13-26-27-15-12-22(18-30(27)38(29(26)17-21)32-9-5-6-16-34-32)40-23-11-14-25-24-7-3-4-8-28(24)33-35-36-37-39(33)31(25)19-23;/h3-17,20H,1-2H3;/q-2;+2. The molecule has 8 aromatic rings. The van der Waals surface area contributed by atoms with Crippen LogP contribution < -0.4 is 0 Å². The number of rotatable bonds is 4. The number of tetrazole rings is 1. The summed E-state index contributed by atoms with van der Waals surface area (Å²) in [6, 6.07) is 36.8. The molecule has 0 atom stereocenters. The van der Waals surface area contributed by atoms with Gasteiger partial charge in [0.05, 0.1) is 0 Å². The van der Waals surface area contributed by atoms with Gasteiger partial charge in [0.15, 0.2) is 5.65 Å². The molecular formula is C33H22N6PtS. The van der Waals surface area contributed by atoms with Gasteiger partial charge in [0, 0.05) is 17.1 Å². The summed E-state index contributed by atoms with van der Waals surface area (Å²) in [4.78, 5) is 6.67. The Morgan fingerprint density at radius 2 is 1.44 bits per heavy atom. The van der Waals surface area contributed by atoms with Crippen LogP contribution in [0.25, 0.3) is 54.9 Å². The van der Waals surface area contributed by atoms with Crippen LogP contribution in [0.5, 0.6) is 0 Å². The summed E-state index contributed by atoms with van der Waals surface area (Å²) < 4.78 is 4.00. The minimum absolute atomic E-state index is 0. The van der Waals surface area contributed by atoms with Crippen molar-refractivity contribution in [3.8, 4) is 5.82 Å². The molecule has 41 heavy (non-hydrogen) atoms. The Morgan fingerprint density at radius 1 is 0.732 bits per heavy atom. The molecule has 4 heterocycles. The average molecular weight is 730 g/mol. The Bertz CT molecular complexity index is 2240. The molecule has 0 saturated heterocycles. The number of hydrogen-bond acceptors (Lipinski definition) is 5. The molecule has 0 bridgehead atoms. The van der Waals surface area contributed by atoms with Crippen LogP contribution >= 0.6 is 11.8 Å². The molecule has 0 aliphatic heterocycles. The Morgan fingerprint density at radius 3 is 2.20 bits per heavy atom. The third-order valence-corrected chi connectivity index (χ3v) is 8.39. The van der Waals surface area contributed by atoms with Crippen LogP contribution in [0, 0.1) is 12.1 Å². The van der Waals surface area contributed by atoms with Gasteiger partial charge in [-0.1, -0.05) is 67.2 Å². The molecule has 0 unspecified atom stereocenters. The van der Waals surface area contributed by atoms with Crippen molar-refractivity contribution in [1.29, 1.82) is 0 Å². The molecule has 8 heteroatoms. The van der Waals surface area contributed by atoms with E-state index >= 15 is 0 Å². The van der Waals surface area contributed by atoms with Gasteiger partial charge in [-0.2, -0.15) is 24.3 Å². The van der Waals surface area contributed by atoms with E-state index in [-0.39, 0.29) is 21.1 Å². The summed E-state index contributed by atoms with van der Waals surface area (Å²) in [6.45, 7) is 4.45. The molecule has 0 radical (unpaired) electrons. The second-order valence-corrected chi connectivity index (χ2v) is 11.3. The van der Waals surface area contributed by atoms with E-state index in [0.29, 0.717) is 5.92 Å². The van der Waals surface area contributed by atoms with E-state index in [9.17, 15) is 0 Å². The third-order valence-electron chi connectivity index (χ3n) is 7.48. The van der Waals surface area contributed by atoms with Crippen LogP contribution in [0.1, 0.15) is 25.3 Å². The van der Waals surface area contributed by atoms with Crippen molar-refractivity contribution < 1.29 is 21.1 Å². The molecule has 6 nitrogen and oxygen atoms in total. The zero-order chi connectivity index (χ0) is 26.8. The topological polar surface area (TPSA) is 60.9 Å². The first-order valence-electron chi connectivity index (χ1n) is 13.2. The van der Waals surface area contributed by atoms with Crippen LogP contribution in [0.15, 0.2) is 101 Å². The van der Waals surface area contributed by atoms with Gasteiger partial charge in [-0.25, -0.2) is 9.50 Å². The quantitative estimate of drug-likeness (QED) is 0.137. The number of benzene rings is 4. The number of nitrogens with zero attached hydrogens (tertiary/aromatic N) is 6. The number of pyridine rings is 2. The molecule has 0 saturated carbocycles. The maximum Gasteiger partial charge on any atom is 2.00 e.